The Morgan fingerprint density at radius 3 is 2.75 bits per heavy atom. The van der Waals surface area contributed by atoms with E-state index in [4.69, 9.17) is 5.73 Å². The van der Waals surface area contributed by atoms with Gasteiger partial charge in [0.25, 0.3) is 0 Å². The van der Waals surface area contributed by atoms with E-state index < -0.39 is 0 Å². The van der Waals surface area contributed by atoms with Crippen LogP contribution in [-0.2, 0) is 4.79 Å². The normalized spacial score (nSPS) is 27.6. The van der Waals surface area contributed by atoms with Gasteiger partial charge in [-0.15, -0.1) is 0 Å². The van der Waals surface area contributed by atoms with Crippen molar-refractivity contribution in [3.05, 3.63) is 0 Å². The largest absolute Gasteiger partial charge is 0.353 e. The van der Waals surface area contributed by atoms with Gasteiger partial charge in [-0.05, 0) is 40.2 Å². The Bertz CT molecular complexity index is 253. The monoisotopic (exact) mass is 227 g/mol. The minimum absolute atomic E-state index is 0.0170. The van der Waals surface area contributed by atoms with E-state index in [9.17, 15) is 4.79 Å². The number of hydrogen-bond donors (Lipinski definition) is 2. The predicted octanol–water partition coefficient (Wildman–Crippen LogP) is 0.713. The van der Waals surface area contributed by atoms with Crippen LogP contribution in [0.15, 0.2) is 0 Å². The average Bonchev–Trinajstić information content (AvgIpc) is 2.23. The summed E-state index contributed by atoms with van der Waals surface area (Å²) in [5.41, 5.74) is 5.62. The number of piperazine rings is 1. The summed E-state index contributed by atoms with van der Waals surface area (Å²) in [5, 5.41) is 2.98. The fourth-order valence-electron chi connectivity index (χ4n) is 2.59. The number of nitrogens with two attached hydrogens (primary N) is 1. The zero-order valence-corrected chi connectivity index (χ0v) is 10.9. The molecule has 0 radical (unpaired) electrons. The highest BCUT2D eigenvalue weighted by molar-refractivity contribution is 5.82. The molecular formula is C12H25N3O. The topological polar surface area (TPSA) is 58.4 Å². The van der Waals surface area contributed by atoms with Gasteiger partial charge in [-0.2, -0.15) is 0 Å². The molecule has 1 saturated heterocycles. The Balaban J connectivity index is 2.93. The molecule has 0 bridgehead atoms. The van der Waals surface area contributed by atoms with E-state index in [1.165, 1.54) is 0 Å². The molecule has 1 rings (SSSR count). The highest BCUT2D eigenvalue weighted by Gasteiger charge is 2.42. The lowest BCUT2D eigenvalue weighted by atomic mass is 9.91. The van der Waals surface area contributed by atoms with Crippen LogP contribution in [0.3, 0.4) is 0 Å². The summed E-state index contributed by atoms with van der Waals surface area (Å²) in [4.78, 5) is 14.2. The van der Waals surface area contributed by atoms with Crippen LogP contribution in [0.2, 0.25) is 0 Å². The first kappa shape index (κ1) is 13.5. The molecule has 1 aliphatic heterocycles. The van der Waals surface area contributed by atoms with Gasteiger partial charge < -0.3 is 11.1 Å². The Morgan fingerprint density at radius 1 is 1.62 bits per heavy atom. The molecule has 0 aliphatic carbocycles. The van der Waals surface area contributed by atoms with Crippen molar-refractivity contribution in [3.63, 3.8) is 0 Å². The van der Waals surface area contributed by atoms with Crippen LogP contribution in [0.5, 0.6) is 0 Å². The summed E-state index contributed by atoms with van der Waals surface area (Å²) in [6, 6.07) is 0.348. The maximum atomic E-state index is 11.9. The third-order valence-corrected chi connectivity index (χ3v) is 3.54. The van der Waals surface area contributed by atoms with E-state index >= 15 is 0 Å². The van der Waals surface area contributed by atoms with Crippen molar-refractivity contribution in [1.29, 1.82) is 0 Å². The first-order valence-electron chi connectivity index (χ1n) is 6.20. The molecule has 2 unspecified atom stereocenters. The van der Waals surface area contributed by atoms with Crippen LogP contribution in [0.25, 0.3) is 0 Å². The van der Waals surface area contributed by atoms with Gasteiger partial charge in [-0.3, -0.25) is 9.69 Å². The zero-order chi connectivity index (χ0) is 12.3. The van der Waals surface area contributed by atoms with Crippen molar-refractivity contribution in [2.24, 2.45) is 5.73 Å². The third-order valence-electron chi connectivity index (χ3n) is 3.54. The van der Waals surface area contributed by atoms with Crippen molar-refractivity contribution >= 4 is 5.91 Å². The fraction of sp³-hybridized carbons (Fsp3) is 0.917. The molecule has 0 spiro atoms. The Morgan fingerprint density at radius 2 is 2.25 bits per heavy atom. The number of amides is 1. The van der Waals surface area contributed by atoms with Crippen LogP contribution < -0.4 is 11.1 Å². The van der Waals surface area contributed by atoms with Crippen molar-refractivity contribution in [3.8, 4) is 0 Å². The minimum atomic E-state index is -0.0660. The molecule has 1 aliphatic rings. The molecule has 1 amide bonds. The SMILES string of the molecule is CCC(C)N1C(CCN)C(=O)NCC1(C)C. The molecule has 4 nitrogen and oxygen atoms in total. The first-order chi connectivity index (χ1) is 7.44. The smallest absolute Gasteiger partial charge is 0.237 e. The molecule has 2 atom stereocenters. The number of carbonyl (C=O) groups is 1. The van der Waals surface area contributed by atoms with Crippen molar-refractivity contribution < 1.29 is 4.79 Å². The first-order valence-corrected chi connectivity index (χ1v) is 6.20. The highest BCUT2D eigenvalue weighted by atomic mass is 16.2. The summed E-state index contributed by atoms with van der Waals surface area (Å²) >= 11 is 0. The van der Waals surface area contributed by atoms with Gasteiger partial charge in [0.05, 0.1) is 6.04 Å². The zero-order valence-electron chi connectivity index (χ0n) is 10.9. The van der Waals surface area contributed by atoms with E-state index in [0.717, 1.165) is 19.4 Å². The molecule has 0 aromatic carbocycles. The Hall–Kier alpha value is -0.610. The summed E-state index contributed by atoms with van der Waals surface area (Å²) in [5.74, 6) is 0.130. The van der Waals surface area contributed by atoms with Crippen LogP contribution in [0.1, 0.15) is 40.5 Å². The van der Waals surface area contributed by atoms with Gasteiger partial charge >= 0.3 is 0 Å². The Kier molecular flexibility index (Phi) is 4.33. The van der Waals surface area contributed by atoms with E-state index in [0.29, 0.717) is 12.6 Å². The lowest BCUT2D eigenvalue weighted by Crippen LogP contribution is -2.67. The number of carbonyl (C=O) groups excluding carboxylic acids is 1. The van der Waals surface area contributed by atoms with Crippen LogP contribution >= 0.6 is 0 Å². The van der Waals surface area contributed by atoms with Gasteiger partial charge in [-0.1, -0.05) is 6.92 Å². The Labute approximate surface area is 98.6 Å². The predicted molar refractivity (Wildman–Crippen MR) is 66.1 cm³/mol. The van der Waals surface area contributed by atoms with Crippen LogP contribution in [0, 0.1) is 0 Å². The van der Waals surface area contributed by atoms with Crippen molar-refractivity contribution in [2.75, 3.05) is 13.1 Å². The lowest BCUT2D eigenvalue weighted by Gasteiger charge is -2.50. The standard InChI is InChI=1S/C12H25N3O/c1-5-9(2)15-10(6-7-13)11(16)14-8-12(15,3)4/h9-10H,5-8,13H2,1-4H3,(H,14,16). The molecule has 0 saturated carbocycles. The number of nitrogens with zero attached hydrogens (tertiary/aromatic N) is 1. The van der Waals surface area contributed by atoms with Crippen LogP contribution in [0.4, 0.5) is 0 Å². The van der Waals surface area contributed by atoms with E-state index in [-0.39, 0.29) is 17.5 Å². The number of nitrogens with one attached hydrogen (secondary N) is 1. The van der Waals surface area contributed by atoms with Crippen molar-refractivity contribution in [1.82, 2.24) is 10.2 Å². The third kappa shape index (κ3) is 2.55. The van der Waals surface area contributed by atoms with Crippen LogP contribution in [-0.4, -0.2) is 41.5 Å². The lowest BCUT2D eigenvalue weighted by molar-refractivity contribution is -0.137. The van der Waals surface area contributed by atoms with Gasteiger partial charge in [0.1, 0.15) is 0 Å². The quantitative estimate of drug-likeness (QED) is 0.744. The highest BCUT2D eigenvalue weighted by Crippen LogP contribution is 2.26. The summed E-state index contributed by atoms with van der Waals surface area (Å²) in [6.45, 7) is 9.99. The minimum Gasteiger partial charge on any atom is -0.353 e. The molecular weight excluding hydrogens is 202 g/mol. The molecule has 1 fully saturated rings. The fourth-order valence-corrected chi connectivity index (χ4v) is 2.59. The average molecular weight is 227 g/mol. The molecule has 0 aromatic heterocycles. The van der Waals surface area contributed by atoms with Gasteiger partial charge in [0.2, 0.25) is 5.91 Å². The number of rotatable bonds is 4. The van der Waals surface area contributed by atoms with E-state index in [1.54, 1.807) is 0 Å². The molecule has 1 heterocycles. The van der Waals surface area contributed by atoms with Crippen molar-refractivity contribution in [2.45, 2.75) is 58.2 Å². The maximum absolute atomic E-state index is 11.9. The second kappa shape index (κ2) is 5.15. The second-order valence-corrected chi connectivity index (χ2v) is 5.29. The van der Waals surface area contributed by atoms with E-state index in [1.807, 2.05) is 0 Å². The van der Waals surface area contributed by atoms with Gasteiger partial charge in [0.15, 0.2) is 0 Å². The summed E-state index contributed by atoms with van der Waals surface area (Å²) < 4.78 is 0. The summed E-state index contributed by atoms with van der Waals surface area (Å²) in [6.07, 6.45) is 1.79. The summed E-state index contributed by atoms with van der Waals surface area (Å²) in [7, 11) is 0. The second-order valence-electron chi connectivity index (χ2n) is 5.29. The van der Waals surface area contributed by atoms with E-state index in [2.05, 4.69) is 37.9 Å². The molecule has 4 heteroatoms. The van der Waals surface area contributed by atoms with Gasteiger partial charge in [0, 0.05) is 18.1 Å². The molecule has 3 N–H and O–H groups in total. The number of hydrogen-bond acceptors (Lipinski definition) is 3. The molecule has 0 aromatic rings. The molecule has 16 heavy (non-hydrogen) atoms. The molecule has 94 valence electrons. The van der Waals surface area contributed by atoms with Gasteiger partial charge in [-0.25, -0.2) is 0 Å². The maximum Gasteiger partial charge on any atom is 0.237 e.